The fraction of sp³-hybridized carbons (Fsp3) is 0.556. The Morgan fingerprint density at radius 1 is 1.17 bits per heavy atom. The Kier molecular flexibility index (Phi) is 6.68. The smallest absolute Gasteiger partial charge is 0.241 e. The van der Waals surface area contributed by atoms with E-state index < -0.39 is 27.5 Å². The molecule has 3 aliphatic rings. The standard InChI is InChI=1S/C27H35FN4O2S/c1-26(2,3)35(34)32-27(11-8-17-4-5-17,19-9-12-29-13-10-19)20-6-7-21(28)23(16-20)31-25(33)24-15-18-14-22(18)30-24/h6-7,9-10,12-13,16-18,22,24,30,32H,4-5,8,11,14-15H2,1-3H3,(H,31,33)/t18-,22-,24-,27?,35?/m1/s1. The Bertz CT molecular complexity index is 1060. The van der Waals surface area contributed by atoms with E-state index in [4.69, 9.17) is 0 Å². The van der Waals surface area contributed by atoms with Crippen LogP contribution in [0.15, 0.2) is 42.7 Å². The molecule has 188 valence electrons. The van der Waals surface area contributed by atoms with Gasteiger partial charge in [0, 0.05) is 29.8 Å². The molecule has 2 heterocycles. The van der Waals surface area contributed by atoms with Crippen LogP contribution in [0, 0.1) is 17.7 Å². The molecule has 2 saturated carbocycles. The molecule has 2 aromatic rings. The normalized spacial score (nSPS) is 26.0. The van der Waals surface area contributed by atoms with E-state index in [1.165, 1.54) is 18.9 Å². The first-order chi connectivity index (χ1) is 16.7. The summed E-state index contributed by atoms with van der Waals surface area (Å²) in [6, 6.07) is 8.86. The molecule has 35 heavy (non-hydrogen) atoms. The maximum Gasteiger partial charge on any atom is 0.241 e. The van der Waals surface area contributed by atoms with Crippen molar-refractivity contribution in [3.05, 3.63) is 59.7 Å². The Morgan fingerprint density at radius 2 is 1.91 bits per heavy atom. The molecule has 8 heteroatoms. The van der Waals surface area contributed by atoms with Crippen LogP contribution < -0.4 is 15.4 Å². The van der Waals surface area contributed by atoms with Crippen LogP contribution in [0.4, 0.5) is 10.1 Å². The number of piperidine rings is 1. The molecule has 5 rings (SSSR count). The zero-order valence-corrected chi connectivity index (χ0v) is 21.5. The highest BCUT2D eigenvalue weighted by atomic mass is 32.2. The van der Waals surface area contributed by atoms with Crippen LogP contribution in [0.25, 0.3) is 0 Å². The van der Waals surface area contributed by atoms with Crippen LogP contribution in [-0.4, -0.2) is 32.3 Å². The van der Waals surface area contributed by atoms with Crippen LogP contribution >= 0.6 is 0 Å². The summed E-state index contributed by atoms with van der Waals surface area (Å²) in [6.45, 7) is 5.80. The van der Waals surface area contributed by atoms with Gasteiger partial charge in [-0.2, -0.15) is 0 Å². The van der Waals surface area contributed by atoms with Crippen LogP contribution in [0.3, 0.4) is 0 Å². The van der Waals surface area contributed by atoms with Gasteiger partial charge in [-0.05, 0) is 93.7 Å². The lowest BCUT2D eigenvalue weighted by Gasteiger charge is -2.39. The summed E-state index contributed by atoms with van der Waals surface area (Å²) < 4.78 is 31.4. The van der Waals surface area contributed by atoms with Crippen molar-refractivity contribution in [2.24, 2.45) is 11.8 Å². The molecule has 1 aromatic carbocycles. The van der Waals surface area contributed by atoms with E-state index in [2.05, 4.69) is 20.3 Å². The van der Waals surface area contributed by atoms with E-state index in [0.717, 1.165) is 30.4 Å². The summed E-state index contributed by atoms with van der Waals surface area (Å²) in [7, 11) is 0. The average molecular weight is 499 g/mol. The second kappa shape index (κ2) is 9.47. The van der Waals surface area contributed by atoms with Gasteiger partial charge in [0.15, 0.2) is 0 Å². The molecule has 2 aliphatic carbocycles. The fourth-order valence-corrected chi connectivity index (χ4v) is 5.99. The minimum Gasteiger partial charge on any atom is -0.598 e. The van der Waals surface area contributed by atoms with Gasteiger partial charge in [-0.3, -0.25) is 9.78 Å². The SMILES string of the molecule is CC(C)(C)[S+]([O-])NC(CCC1CC1)(c1ccncc1)c1ccc(F)c(NC(=O)[C@H]2C[C@H]3C[C@H]3N2)c1. The van der Waals surface area contributed by atoms with Gasteiger partial charge < -0.3 is 15.2 Å². The van der Waals surface area contributed by atoms with Gasteiger partial charge in [0.1, 0.15) is 16.1 Å². The average Bonchev–Trinajstić information content (AvgIpc) is 3.76. The van der Waals surface area contributed by atoms with Gasteiger partial charge in [-0.15, -0.1) is 4.72 Å². The van der Waals surface area contributed by atoms with E-state index in [0.29, 0.717) is 24.3 Å². The van der Waals surface area contributed by atoms with Gasteiger partial charge in [-0.1, -0.05) is 18.9 Å². The lowest BCUT2D eigenvalue weighted by Crippen LogP contribution is -2.52. The number of carbonyl (C=O) groups is 1. The first kappa shape index (κ1) is 24.7. The molecular formula is C27H35FN4O2S. The molecule has 1 aromatic heterocycles. The number of nitrogens with zero attached hydrogens (tertiary/aromatic N) is 1. The highest BCUT2D eigenvalue weighted by Crippen LogP contribution is 2.43. The van der Waals surface area contributed by atoms with E-state index in [-0.39, 0.29) is 17.6 Å². The number of nitrogens with one attached hydrogen (secondary N) is 3. The second-order valence-corrected chi connectivity index (χ2v) is 13.3. The number of hydrogen-bond donors (Lipinski definition) is 3. The van der Waals surface area contributed by atoms with Crippen molar-refractivity contribution < 1.29 is 13.7 Å². The van der Waals surface area contributed by atoms with Crippen molar-refractivity contribution in [2.75, 3.05) is 5.32 Å². The van der Waals surface area contributed by atoms with Gasteiger partial charge in [0.2, 0.25) is 5.91 Å². The summed E-state index contributed by atoms with van der Waals surface area (Å²) in [5.41, 5.74) is 1.04. The molecular weight excluding hydrogens is 463 g/mol. The lowest BCUT2D eigenvalue weighted by atomic mass is 9.79. The number of hydrogen-bond acceptors (Lipinski definition) is 5. The molecule has 0 spiro atoms. The summed E-state index contributed by atoms with van der Waals surface area (Å²) >= 11 is -1.39. The predicted molar refractivity (Wildman–Crippen MR) is 136 cm³/mol. The first-order valence-corrected chi connectivity index (χ1v) is 13.8. The number of benzene rings is 1. The highest BCUT2D eigenvalue weighted by molar-refractivity contribution is 7.90. The van der Waals surface area contributed by atoms with E-state index >= 15 is 0 Å². The van der Waals surface area contributed by atoms with Crippen molar-refractivity contribution >= 4 is 23.0 Å². The zero-order valence-electron chi connectivity index (χ0n) is 20.6. The number of aromatic nitrogens is 1. The molecule has 6 nitrogen and oxygen atoms in total. The number of pyridine rings is 1. The Hall–Kier alpha value is -2.00. The number of carbonyl (C=O) groups excluding carboxylic acids is 1. The lowest BCUT2D eigenvalue weighted by molar-refractivity contribution is -0.118. The molecule has 3 N–H and O–H groups in total. The number of halogens is 1. The third-order valence-corrected chi connectivity index (χ3v) is 9.18. The molecule has 1 saturated heterocycles. The highest BCUT2D eigenvalue weighted by Gasteiger charge is 2.48. The first-order valence-electron chi connectivity index (χ1n) is 12.6. The summed E-state index contributed by atoms with van der Waals surface area (Å²) in [5, 5.41) is 6.15. The third-order valence-electron chi connectivity index (χ3n) is 7.53. The second-order valence-electron chi connectivity index (χ2n) is 11.3. The zero-order chi connectivity index (χ0) is 24.8. The minimum atomic E-state index is -1.39. The minimum absolute atomic E-state index is 0.156. The van der Waals surface area contributed by atoms with Crippen molar-refractivity contribution in [1.29, 1.82) is 0 Å². The monoisotopic (exact) mass is 498 g/mol. The van der Waals surface area contributed by atoms with Gasteiger partial charge in [0.25, 0.3) is 0 Å². The molecule has 0 radical (unpaired) electrons. The Morgan fingerprint density at radius 3 is 2.54 bits per heavy atom. The molecule has 0 bridgehead atoms. The number of anilines is 1. The third kappa shape index (κ3) is 5.40. The number of amides is 1. The summed E-state index contributed by atoms with van der Waals surface area (Å²) in [4.78, 5) is 17.1. The van der Waals surface area contributed by atoms with Gasteiger partial charge >= 0.3 is 0 Å². The predicted octanol–water partition coefficient (Wildman–Crippen LogP) is 4.40. The van der Waals surface area contributed by atoms with Crippen molar-refractivity contribution in [3.63, 3.8) is 0 Å². The summed E-state index contributed by atoms with van der Waals surface area (Å²) in [5.74, 6) is 0.542. The number of fused-ring (bicyclic) bond motifs is 1. The Labute approximate surface area is 210 Å². The molecule has 1 amide bonds. The fourth-order valence-electron chi connectivity index (χ4n) is 5.03. The van der Waals surface area contributed by atoms with Gasteiger partial charge in [0.05, 0.1) is 11.7 Å². The maximum absolute atomic E-state index is 14.9. The summed E-state index contributed by atoms with van der Waals surface area (Å²) in [6.07, 6.45) is 9.46. The molecule has 5 atom stereocenters. The number of rotatable bonds is 9. The van der Waals surface area contributed by atoms with Crippen LogP contribution in [0.2, 0.25) is 0 Å². The van der Waals surface area contributed by atoms with Crippen LogP contribution in [0.1, 0.15) is 70.4 Å². The van der Waals surface area contributed by atoms with E-state index in [1.807, 2.05) is 32.9 Å². The largest absolute Gasteiger partial charge is 0.598 e. The molecule has 1 aliphatic heterocycles. The van der Waals surface area contributed by atoms with E-state index in [9.17, 15) is 13.7 Å². The maximum atomic E-state index is 14.9. The van der Waals surface area contributed by atoms with Crippen LogP contribution in [-0.2, 0) is 21.7 Å². The molecule has 3 fully saturated rings. The topological polar surface area (TPSA) is 89.1 Å². The quantitative estimate of drug-likeness (QED) is 0.446. The van der Waals surface area contributed by atoms with Crippen molar-refractivity contribution in [3.8, 4) is 0 Å². The van der Waals surface area contributed by atoms with Crippen LogP contribution in [0.5, 0.6) is 0 Å². The van der Waals surface area contributed by atoms with Gasteiger partial charge in [-0.25, -0.2) is 4.39 Å². The van der Waals surface area contributed by atoms with Crippen molar-refractivity contribution in [1.82, 2.24) is 15.0 Å². The Balaban J connectivity index is 1.51. The van der Waals surface area contributed by atoms with Crippen molar-refractivity contribution in [2.45, 2.75) is 81.7 Å². The van der Waals surface area contributed by atoms with E-state index in [1.54, 1.807) is 24.5 Å². The molecule has 2 unspecified atom stereocenters.